The van der Waals surface area contributed by atoms with Crippen LogP contribution < -0.4 is 0 Å². The summed E-state index contributed by atoms with van der Waals surface area (Å²) in [5.41, 5.74) is 6.14. The molecule has 0 fully saturated rings. The number of carbonyl (C=O) groups is 1. The van der Waals surface area contributed by atoms with E-state index in [1.54, 1.807) is 0 Å². The SMILES string of the molecule is Cc1ccc(C)c(CC(=O)CCc2ccccc2C)c1. The van der Waals surface area contributed by atoms with Crippen LogP contribution in [0.2, 0.25) is 0 Å². The first-order valence-electron chi connectivity index (χ1n) is 7.18. The predicted molar refractivity (Wildman–Crippen MR) is 84.1 cm³/mol. The van der Waals surface area contributed by atoms with Gasteiger partial charge in [-0.05, 0) is 49.4 Å². The molecule has 2 aromatic rings. The van der Waals surface area contributed by atoms with Gasteiger partial charge in [0.1, 0.15) is 5.78 Å². The summed E-state index contributed by atoms with van der Waals surface area (Å²) in [6, 6.07) is 14.6. The van der Waals surface area contributed by atoms with Crippen LogP contribution in [0.25, 0.3) is 0 Å². The third-order valence-electron chi connectivity index (χ3n) is 3.83. The average molecular weight is 266 g/mol. The molecule has 2 aromatic carbocycles. The molecule has 0 amide bonds. The number of hydrogen-bond acceptors (Lipinski definition) is 1. The van der Waals surface area contributed by atoms with Gasteiger partial charge in [-0.15, -0.1) is 0 Å². The van der Waals surface area contributed by atoms with Crippen molar-refractivity contribution < 1.29 is 4.79 Å². The van der Waals surface area contributed by atoms with Crippen LogP contribution in [-0.2, 0) is 17.6 Å². The van der Waals surface area contributed by atoms with Crippen molar-refractivity contribution in [3.63, 3.8) is 0 Å². The summed E-state index contributed by atoms with van der Waals surface area (Å²) in [6.45, 7) is 6.24. The fourth-order valence-corrected chi connectivity index (χ4v) is 2.46. The molecule has 104 valence electrons. The summed E-state index contributed by atoms with van der Waals surface area (Å²) in [4.78, 5) is 12.2. The lowest BCUT2D eigenvalue weighted by Gasteiger charge is -2.08. The number of hydrogen-bond donors (Lipinski definition) is 0. The summed E-state index contributed by atoms with van der Waals surface area (Å²) >= 11 is 0. The molecular formula is C19H22O. The van der Waals surface area contributed by atoms with Gasteiger partial charge in [0.25, 0.3) is 0 Å². The second-order valence-corrected chi connectivity index (χ2v) is 5.57. The molecule has 0 heterocycles. The van der Waals surface area contributed by atoms with Crippen LogP contribution in [0.5, 0.6) is 0 Å². The van der Waals surface area contributed by atoms with E-state index >= 15 is 0 Å². The highest BCUT2D eigenvalue weighted by Gasteiger charge is 2.07. The van der Waals surface area contributed by atoms with Gasteiger partial charge in [0.2, 0.25) is 0 Å². The fourth-order valence-electron chi connectivity index (χ4n) is 2.46. The highest BCUT2D eigenvalue weighted by atomic mass is 16.1. The van der Waals surface area contributed by atoms with Crippen LogP contribution in [-0.4, -0.2) is 5.78 Å². The fraction of sp³-hybridized carbons (Fsp3) is 0.316. The van der Waals surface area contributed by atoms with Crippen molar-refractivity contribution in [2.75, 3.05) is 0 Å². The van der Waals surface area contributed by atoms with Gasteiger partial charge in [0.15, 0.2) is 0 Å². The van der Waals surface area contributed by atoms with E-state index in [9.17, 15) is 4.79 Å². The molecule has 0 aromatic heterocycles. The number of aryl methyl sites for hydroxylation is 4. The van der Waals surface area contributed by atoms with Crippen molar-refractivity contribution in [1.29, 1.82) is 0 Å². The zero-order chi connectivity index (χ0) is 14.5. The number of ketones is 1. The van der Waals surface area contributed by atoms with Crippen molar-refractivity contribution >= 4 is 5.78 Å². The highest BCUT2D eigenvalue weighted by Crippen LogP contribution is 2.14. The minimum absolute atomic E-state index is 0.321. The van der Waals surface area contributed by atoms with Crippen molar-refractivity contribution in [2.45, 2.75) is 40.0 Å². The molecule has 0 aliphatic rings. The van der Waals surface area contributed by atoms with Crippen LogP contribution in [0.4, 0.5) is 0 Å². The van der Waals surface area contributed by atoms with Crippen molar-refractivity contribution in [3.8, 4) is 0 Å². The van der Waals surface area contributed by atoms with Gasteiger partial charge in [-0.2, -0.15) is 0 Å². The molecule has 0 saturated heterocycles. The second kappa shape index (κ2) is 6.51. The molecule has 0 bridgehead atoms. The lowest BCUT2D eigenvalue weighted by molar-refractivity contribution is -0.118. The highest BCUT2D eigenvalue weighted by molar-refractivity contribution is 5.81. The largest absolute Gasteiger partial charge is 0.299 e. The maximum Gasteiger partial charge on any atom is 0.137 e. The van der Waals surface area contributed by atoms with Gasteiger partial charge in [0.05, 0.1) is 0 Å². The molecule has 0 aliphatic carbocycles. The van der Waals surface area contributed by atoms with E-state index in [-0.39, 0.29) is 0 Å². The monoisotopic (exact) mass is 266 g/mol. The zero-order valence-corrected chi connectivity index (χ0v) is 12.6. The van der Waals surface area contributed by atoms with E-state index in [1.807, 2.05) is 12.1 Å². The number of benzene rings is 2. The van der Waals surface area contributed by atoms with Crippen LogP contribution >= 0.6 is 0 Å². The number of Topliss-reactive ketones (excluding diaryl/α,β-unsaturated/α-hetero) is 1. The minimum Gasteiger partial charge on any atom is -0.299 e. The summed E-state index contributed by atoms with van der Waals surface area (Å²) in [5.74, 6) is 0.321. The molecule has 1 heteroatoms. The Morgan fingerprint density at radius 1 is 0.900 bits per heavy atom. The first-order valence-corrected chi connectivity index (χ1v) is 7.18. The quantitative estimate of drug-likeness (QED) is 0.786. The van der Waals surface area contributed by atoms with E-state index in [4.69, 9.17) is 0 Å². The van der Waals surface area contributed by atoms with Crippen molar-refractivity contribution in [1.82, 2.24) is 0 Å². The summed E-state index contributed by atoms with van der Waals surface area (Å²) in [7, 11) is 0. The van der Waals surface area contributed by atoms with Gasteiger partial charge in [-0.3, -0.25) is 4.79 Å². The molecule has 0 radical (unpaired) electrons. The standard InChI is InChI=1S/C19H22O/c1-14-8-9-16(3)18(12-14)13-19(20)11-10-17-7-5-4-6-15(17)2/h4-9,12H,10-11,13H2,1-3H3. The molecule has 0 unspecified atom stereocenters. The van der Waals surface area contributed by atoms with Crippen LogP contribution in [0.1, 0.15) is 34.2 Å². The van der Waals surface area contributed by atoms with E-state index in [2.05, 4.69) is 51.1 Å². The summed E-state index contributed by atoms with van der Waals surface area (Å²) in [5, 5.41) is 0. The molecule has 0 aliphatic heterocycles. The lowest BCUT2D eigenvalue weighted by atomic mass is 9.97. The van der Waals surface area contributed by atoms with E-state index < -0.39 is 0 Å². The topological polar surface area (TPSA) is 17.1 Å². The van der Waals surface area contributed by atoms with Crippen LogP contribution in [0.15, 0.2) is 42.5 Å². The van der Waals surface area contributed by atoms with Gasteiger partial charge >= 0.3 is 0 Å². The molecule has 0 saturated carbocycles. The Bertz CT molecular complexity index is 611. The Morgan fingerprint density at radius 2 is 1.60 bits per heavy atom. The maximum absolute atomic E-state index is 12.2. The first-order chi connectivity index (χ1) is 9.56. The third-order valence-corrected chi connectivity index (χ3v) is 3.83. The Balaban J connectivity index is 1.96. The zero-order valence-electron chi connectivity index (χ0n) is 12.6. The van der Waals surface area contributed by atoms with Gasteiger partial charge in [0, 0.05) is 12.8 Å². The second-order valence-electron chi connectivity index (χ2n) is 5.57. The number of rotatable bonds is 5. The Kier molecular flexibility index (Phi) is 4.73. The number of carbonyl (C=O) groups excluding carboxylic acids is 1. The molecule has 0 spiro atoms. The molecule has 20 heavy (non-hydrogen) atoms. The summed E-state index contributed by atoms with van der Waals surface area (Å²) in [6.07, 6.45) is 2.02. The smallest absolute Gasteiger partial charge is 0.137 e. The molecule has 0 N–H and O–H groups in total. The van der Waals surface area contributed by atoms with Crippen LogP contribution in [0.3, 0.4) is 0 Å². The Labute approximate surface area is 121 Å². The van der Waals surface area contributed by atoms with Crippen molar-refractivity contribution in [3.05, 3.63) is 70.3 Å². The van der Waals surface area contributed by atoms with E-state index in [0.717, 1.165) is 6.42 Å². The van der Waals surface area contributed by atoms with Crippen LogP contribution in [0, 0.1) is 20.8 Å². The molecule has 0 atom stereocenters. The lowest BCUT2D eigenvalue weighted by Crippen LogP contribution is -2.06. The predicted octanol–water partition coefficient (Wildman–Crippen LogP) is 4.36. The molecule has 2 rings (SSSR count). The third kappa shape index (κ3) is 3.80. The normalized spacial score (nSPS) is 10.6. The van der Waals surface area contributed by atoms with E-state index in [0.29, 0.717) is 18.6 Å². The van der Waals surface area contributed by atoms with Gasteiger partial charge < -0.3 is 0 Å². The summed E-state index contributed by atoms with van der Waals surface area (Å²) < 4.78 is 0. The Morgan fingerprint density at radius 3 is 2.35 bits per heavy atom. The van der Waals surface area contributed by atoms with E-state index in [1.165, 1.54) is 27.8 Å². The molecule has 1 nitrogen and oxygen atoms in total. The first kappa shape index (κ1) is 14.5. The molecular weight excluding hydrogens is 244 g/mol. The minimum atomic E-state index is 0.321. The maximum atomic E-state index is 12.2. The van der Waals surface area contributed by atoms with Gasteiger partial charge in [-0.25, -0.2) is 0 Å². The Hall–Kier alpha value is -1.89. The average Bonchev–Trinajstić information content (AvgIpc) is 2.42. The van der Waals surface area contributed by atoms with Crippen molar-refractivity contribution in [2.24, 2.45) is 0 Å². The van der Waals surface area contributed by atoms with Gasteiger partial charge in [-0.1, -0.05) is 48.0 Å².